The number of nitrogens with one attached hydrogen (secondary N) is 2. The van der Waals surface area contributed by atoms with E-state index >= 15 is 0 Å². The molecule has 32 heavy (non-hydrogen) atoms. The van der Waals surface area contributed by atoms with E-state index in [1.807, 2.05) is 0 Å². The minimum Gasteiger partial charge on any atom is -0.406 e. The van der Waals surface area contributed by atoms with Gasteiger partial charge in [0.15, 0.2) is 11.6 Å². The summed E-state index contributed by atoms with van der Waals surface area (Å²) in [4.78, 5) is 8.76. The number of anilines is 3. The van der Waals surface area contributed by atoms with E-state index < -0.39 is 23.7 Å². The smallest absolute Gasteiger partial charge is 0.406 e. The Morgan fingerprint density at radius 3 is 2.44 bits per heavy atom. The van der Waals surface area contributed by atoms with Crippen molar-refractivity contribution in [3.05, 3.63) is 60.2 Å². The highest BCUT2D eigenvalue weighted by atomic mass is 19.4. The molecule has 0 bridgehead atoms. The molecule has 0 atom stereocenters. The van der Waals surface area contributed by atoms with Gasteiger partial charge in [-0.15, -0.1) is 13.2 Å². The molecule has 0 unspecified atom stereocenters. The number of alkyl halides is 3. The molecule has 5 nitrogen and oxygen atoms in total. The van der Waals surface area contributed by atoms with Gasteiger partial charge < -0.3 is 15.4 Å². The summed E-state index contributed by atoms with van der Waals surface area (Å²) in [6.45, 7) is 0. The van der Waals surface area contributed by atoms with Gasteiger partial charge in [-0.2, -0.15) is 4.98 Å². The summed E-state index contributed by atoms with van der Waals surface area (Å²) in [7, 11) is 0. The van der Waals surface area contributed by atoms with Crippen molar-refractivity contribution in [3.63, 3.8) is 0 Å². The highest BCUT2D eigenvalue weighted by molar-refractivity contribution is 5.68. The van der Waals surface area contributed by atoms with Gasteiger partial charge in [0, 0.05) is 17.7 Å². The molecule has 1 aliphatic carbocycles. The third-order valence-corrected chi connectivity index (χ3v) is 4.99. The van der Waals surface area contributed by atoms with Crippen LogP contribution in [0.4, 0.5) is 39.4 Å². The Morgan fingerprint density at radius 1 is 0.938 bits per heavy atom. The molecule has 1 aliphatic rings. The fraction of sp³-hybridized carbons (Fsp3) is 0.273. The monoisotopic (exact) mass is 450 g/mol. The van der Waals surface area contributed by atoms with Crippen molar-refractivity contribution in [3.8, 4) is 17.0 Å². The summed E-state index contributed by atoms with van der Waals surface area (Å²) >= 11 is 0. The summed E-state index contributed by atoms with van der Waals surface area (Å²) in [6, 6.07) is 10.6. The standard InChI is InChI=1S/C22H19F5N4O/c23-16-9-4-10-17(20(16)24)29-19-12-18(30-21(31-19)28-14-6-1-2-7-14)13-5-3-8-15(11-13)32-22(25,26)27/h3-5,8-12,14H,1-2,6-7H2,(H2,28,29,30,31). The van der Waals surface area contributed by atoms with E-state index in [2.05, 4.69) is 25.3 Å². The Kier molecular flexibility index (Phi) is 6.11. The Hall–Kier alpha value is -3.43. The molecule has 0 amide bonds. The van der Waals surface area contributed by atoms with E-state index in [1.165, 1.54) is 36.4 Å². The van der Waals surface area contributed by atoms with Crippen LogP contribution in [0.25, 0.3) is 11.3 Å². The first-order valence-electron chi connectivity index (χ1n) is 10.00. The van der Waals surface area contributed by atoms with E-state index in [9.17, 15) is 22.0 Å². The first-order chi connectivity index (χ1) is 15.3. The molecule has 168 valence electrons. The van der Waals surface area contributed by atoms with E-state index in [0.717, 1.165) is 31.7 Å². The second-order valence-corrected chi connectivity index (χ2v) is 7.39. The third-order valence-electron chi connectivity index (χ3n) is 4.99. The van der Waals surface area contributed by atoms with Crippen LogP contribution in [0.5, 0.6) is 5.75 Å². The Morgan fingerprint density at radius 2 is 1.69 bits per heavy atom. The Labute approximate surface area is 180 Å². The zero-order valence-electron chi connectivity index (χ0n) is 16.7. The number of aromatic nitrogens is 2. The zero-order chi connectivity index (χ0) is 22.7. The summed E-state index contributed by atoms with van der Waals surface area (Å²) in [5.41, 5.74) is 0.495. The number of ether oxygens (including phenoxy) is 1. The number of rotatable bonds is 6. The van der Waals surface area contributed by atoms with Crippen molar-refractivity contribution in [1.29, 1.82) is 0 Å². The third kappa shape index (κ3) is 5.43. The second-order valence-electron chi connectivity index (χ2n) is 7.39. The van der Waals surface area contributed by atoms with Crippen molar-refractivity contribution < 1.29 is 26.7 Å². The van der Waals surface area contributed by atoms with Gasteiger partial charge in [-0.1, -0.05) is 31.0 Å². The molecule has 1 aromatic heterocycles. The van der Waals surface area contributed by atoms with Gasteiger partial charge in [0.25, 0.3) is 0 Å². The summed E-state index contributed by atoms with van der Waals surface area (Å²) in [5, 5.41) is 5.94. The van der Waals surface area contributed by atoms with Gasteiger partial charge >= 0.3 is 6.36 Å². The van der Waals surface area contributed by atoms with Gasteiger partial charge in [0.05, 0.1) is 11.4 Å². The number of nitrogens with zero attached hydrogens (tertiary/aromatic N) is 2. The van der Waals surface area contributed by atoms with E-state index in [0.29, 0.717) is 5.56 Å². The van der Waals surface area contributed by atoms with Crippen LogP contribution in [0.2, 0.25) is 0 Å². The van der Waals surface area contributed by atoms with Crippen molar-refractivity contribution in [1.82, 2.24) is 9.97 Å². The first-order valence-corrected chi connectivity index (χ1v) is 10.00. The molecule has 0 radical (unpaired) electrons. The summed E-state index contributed by atoms with van der Waals surface area (Å²) in [6.07, 6.45) is -0.837. The Balaban J connectivity index is 1.70. The van der Waals surface area contributed by atoms with Crippen LogP contribution in [0.1, 0.15) is 25.7 Å². The minimum atomic E-state index is -4.83. The molecule has 1 heterocycles. The highest BCUT2D eigenvalue weighted by Crippen LogP contribution is 2.30. The van der Waals surface area contributed by atoms with Crippen LogP contribution < -0.4 is 15.4 Å². The van der Waals surface area contributed by atoms with E-state index in [4.69, 9.17) is 0 Å². The predicted molar refractivity (Wildman–Crippen MR) is 110 cm³/mol. The molecule has 2 aromatic carbocycles. The summed E-state index contributed by atoms with van der Waals surface area (Å²) < 4.78 is 69.5. The van der Waals surface area contributed by atoms with Crippen LogP contribution >= 0.6 is 0 Å². The lowest BCUT2D eigenvalue weighted by Crippen LogP contribution is -2.17. The fourth-order valence-electron chi connectivity index (χ4n) is 3.57. The largest absolute Gasteiger partial charge is 0.573 e. The topological polar surface area (TPSA) is 59.1 Å². The highest BCUT2D eigenvalue weighted by Gasteiger charge is 2.31. The lowest BCUT2D eigenvalue weighted by Gasteiger charge is -2.16. The number of hydrogen-bond donors (Lipinski definition) is 2. The molecule has 2 N–H and O–H groups in total. The average Bonchev–Trinajstić information content (AvgIpc) is 3.23. The first kappa shape index (κ1) is 21.8. The van der Waals surface area contributed by atoms with Crippen molar-refractivity contribution in [2.45, 2.75) is 38.1 Å². The lowest BCUT2D eigenvalue weighted by molar-refractivity contribution is -0.274. The molecule has 4 rings (SSSR count). The molecule has 0 saturated heterocycles. The van der Waals surface area contributed by atoms with Crippen LogP contribution in [0, 0.1) is 11.6 Å². The molecule has 0 aliphatic heterocycles. The van der Waals surface area contributed by atoms with Crippen molar-refractivity contribution in [2.24, 2.45) is 0 Å². The normalized spacial score (nSPS) is 14.4. The minimum absolute atomic E-state index is 0.129. The maximum absolute atomic E-state index is 14.1. The number of hydrogen-bond acceptors (Lipinski definition) is 5. The molecule has 1 fully saturated rings. The lowest BCUT2D eigenvalue weighted by atomic mass is 10.1. The van der Waals surface area contributed by atoms with Crippen molar-refractivity contribution >= 4 is 17.5 Å². The van der Waals surface area contributed by atoms with Gasteiger partial charge in [-0.05, 0) is 37.1 Å². The van der Waals surface area contributed by atoms with Gasteiger partial charge in [-0.3, -0.25) is 0 Å². The fourth-order valence-corrected chi connectivity index (χ4v) is 3.57. The van der Waals surface area contributed by atoms with Gasteiger partial charge in [-0.25, -0.2) is 13.8 Å². The van der Waals surface area contributed by atoms with E-state index in [-0.39, 0.29) is 29.2 Å². The number of halogens is 5. The molecular formula is C22H19F5N4O. The quantitative estimate of drug-likeness (QED) is 0.425. The molecule has 10 heteroatoms. The SMILES string of the molecule is Fc1cccc(Nc2cc(-c3cccc(OC(F)(F)F)c3)nc(NC3CCCC3)n2)c1F. The van der Waals surface area contributed by atoms with Crippen LogP contribution in [-0.2, 0) is 0 Å². The maximum atomic E-state index is 14.1. The number of benzene rings is 2. The molecule has 1 saturated carbocycles. The second kappa shape index (κ2) is 8.97. The predicted octanol–water partition coefficient (Wildman–Crippen LogP) is 6.42. The Bertz CT molecular complexity index is 1100. The molecule has 0 spiro atoms. The van der Waals surface area contributed by atoms with Gasteiger partial charge in [0.1, 0.15) is 11.6 Å². The molecular weight excluding hydrogens is 431 g/mol. The van der Waals surface area contributed by atoms with Crippen LogP contribution in [-0.4, -0.2) is 22.4 Å². The van der Waals surface area contributed by atoms with Crippen molar-refractivity contribution in [2.75, 3.05) is 10.6 Å². The summed E-state index contributed by atoms with van der Waals surface area (Å²) in [5.74, 6) is -2.10. The van der Waals surface area contributed by atoms with Crippen LogP contribution in [0.15, 0.2) is 48.5 Å². The zero-order valence-corrected chi connectivity index (χ0v) is 16.7. The van der Waals surface area contributed by atoms with E-state index in [1.54, 1.807) is 6.07 Å². The maximum Gasteiger partial charge on any atom is 0.573 e. The van der Waals surface area contributed by atoms with Crippen LogP contribution in [0.3, 0.4) is 0 Å². The average molecular weight is 450 g/mol. The van der Waals surface area contributed by atoms with Gasteiger partial charge in [0.2, 0.25) is 5.95 Å². The molecule has 3 aromatic rings.